The van der Waals surface area contributed by atoms with Crippen LogP contribution >= 0.6 is 11.9 Å². The lowest BCUT2D eigenvalue weighted by atomic mass is 9.95. The van der Waals surface area contributed by atoms with Gasteiger partial charge in [0.1, 0.15) is 0 Å². The minimum atomic E-state index is 0.341. The van der Waals surface area contributed by atoms with Crippen LogP contribution in [0.4, 0.5) is 0 Å². The van der Waals surface area contributed by atoms with Gasteiger partial charge in [-0.05, 0) is 69.0 Å². The van der Waals surface area contributed by atoms with Crippen molar-refractivity contribution in [3.8, 4) is 0 Å². The molecule has 0 aliphatic carbocycles. The van der Waals surface area contributed by atoms with E-state index in [1.807, 2.05) is 11.9 Å². The summed E-state index contributed by atoms with van der Waals surface area (Å²) in [5.74, 6) is 0.724. The molecule has 0 unspecified atom stereocenters. The molecule has 0 saturated carbocycles. The number of hydrogen-bond acceptors (Lipinski definition) is 3. The van der Waals surface area contributed by atoms with E-state index in [9.17, 15) is 0 Å². The molecule has 2 rings (SSSR count). The third-order valence-corrected chi connectivity index (χ3v) is 5.39. The molecule has 19 heavy (non-hydrogen) atoms. The molecule has 1 saturated heterocycles. The number of rotatable bonds is 4. The molecular weight excluding hydrogens is 254 g/mol. The van der Waals surface area contributed by atoms with Crippen molar-refractivity contribution in [2.75, 3.05) is 19.7 Å². The molecule has 0 atom stereocenters. The Balaban J connectivity index is 1.96. The van der Waals surface area contributed by atoms with Crippen molar-refractivity contribution in [1.82, 2.24) is 4.31 Å². The molecule has 1 heterocycles. The predicted octanol–water partition coefficient (Wildman–Crippen LogP) is 3.71. The van der Waals surface area contributed by atoms with Gasteiger partial charge in [-0.25, -0.2) is 4.31 Å². The number of benzene rings is 1. The quantitative estimate of drug-likeness (QED) is 0.850. The van der Waals surface area contributed by atoms with Crippen molar-refractivity contribution in [3.63, 3.8) is 0 Å². The minimum absolute atomic E-state index is 0.341. The summed E-state index contributed by atoms with van der Waals surface area (Å²) in [6.07, 6.45) is 3.41. The van der Waals surface area contributed by atoms with Gasteiger partial charge in [-0.2, -0.15) is 0 Å². The van der Waals surface area contributed by atoms with Crippen LogP contribution in [0.2, 0.25) is 0 Å². The average Bonchev–Trinajstić information content (AvgIpc) is 2.36. The lowest BCUT2D eigenvalue weighted by molar-refractivity contribution is 0.213. The second kappa shape index (κ2) is 6.78. The molecule has 2 nitrogen and oxygen atoms in total. The van der Waals surface area contributed by atoms with E-state index >= 15 is 0 Å². The third kappa shape index (κ3) is 3.98. The van der Waals surface area contributed by atoms with Crippen LogP contribution in [0.25, 0.3) is 0 Å². The predicted molar refractivity (Wildman–Crippen MR) is 82.5 cm³/mol. The summed E-state index contributed by atoms with van der Waals surface area (Å²) in [5, 5.41) is 9.00. The Hall–Kier alpha value is -0.510. The summed E-state index contributed by atoms with van der Waals surface area (Å²) in [5.41, 5.74) is 4.13. The van der Waals surface area contributed by atoms with Gasteiger partial charge in [-0.3, -0.25) is 0 Å². The maximum absolute atomic E-state index is 9.00. The Labute approximate surface area is 121 Å². The second-order valence-corrected chi connectivity index (χ2v) is 6.81. The zero-order valence-corrected chi connectivity index (χ0v) is 13.1. The Morgan fingerprint density at radius 1 is 1.16 bits per heavy atom. The molecular formula is C16H25NOS. The Kier molecular flexibility index (Phi) is 5.31. The van der Waals surface area contributed by atoms with Gasteiger partial charge in [-0.15, -0.1) is 0 Å². The molecule has 0 aromatic heterocycles. The molecule has 1 fully saturated rings. The summed E-state index contributed by atoms with van der Waals surface area (Å²) >= 11 is 1.92. The SMILES string of the molecule is Cc1cc(C)c(SN2CCC(CCO)CC2)c(C)c1. The van der Waals surface area contributed by atoms with Crippen LogP contribution < -0.4 is 0 Å². The zero-order valence-electron chi connectivity index (χ0n) is 12.3. The van der Waals surface area contributed by atoms with Crippen LogP contribution in [0.15, 0.2) is 17.0 Å². The third-order valence-electron chi connectivity index (χ3n) is 3.94. The molecule has 106 valence electrons. The maximum Gasteiger partial charge on any atom is 0.0433 e. The van der Waals surface area contributed by atoms with Gasteiger partial charge in [-0.1, -0.05) is 17.7 Å². The fourth-order valence-electron chi connectivity index (χ4n) is 2.91. The second-order valence-electron chi connectivity index (χ2n) is 5.70. The van der Waals surface area contributed by atoms with Gasteiger partial charge >= 0.3 is 0 Å². The van der Waals surface area contributed by atoms with Crippen LogP contribution in [-0.2, 0) is 0 Å². The summed E-state index contributed by atoms with van der Waals surface area (Å²) in [6.45, 7) is 9.20. The van der Waals surface area contributed by atoms with E-state index in [0.29, 0.717) is 6.61 Å². The van der Waals surface area contributed by atoms with Crippen LogP contribution in [0.5, 0.6) is 0 Å². The monoisotopic (exact) mass is 279 g/mol. The van der Waals surface area contributed by atoms with Crippen LogP contribution in [0.3, 0.4) is 0 Å². The summed E-state index contributed by atoms with van der Waals surface area (Å²) in [7, 11) is 0. The molecule has 1 aromatic rings. The van der Waals surface area contributed by atoms with Gasteiger partial charge < -0.3 is 5.11 Å². The number of hydrogen-bond donors (Lipinski definition) is 1. The molecule has 0 radical (unpaired) electrons. The van der Waals surface area contributed by atoms with E-state index in [-0.39, 0.29) is 0 Å². The molecule has 1 aliphatic heterocycles. The van der Waals surface area contributed by atoms with Gasteiger partial charge in [0.25, 0.3) is 0 Å². The number of aliphatic hydroxyl groups is 1. The van der Waals surface area contributed by atoms with E-state index < -0.39 is 0 Å². The number of piperidine rings is 1. The summed E-state index contributed by atoms with van der Waals surface area (Å²) < 4.78 is 2.48. The van der Waals surface area contributed by atoms with Gasteiger partial charge in [0.2, 0.25) is 0 Å². The first-order chi connectivity index (χ1) is 9.10. The topological polar surface area (TPSA) is 23.5 Å². The molecule has 0 spiro atoms. The highest BCUT2D eigenvalue weighted by Crippen LogP contribution is 2.33. The fraction of sp³-hybridized carbons (Fsp3) is 0.625. The first-order valence-electron chi connectivity index (χ1n) is 7.21. The van der Waals surface area contributed by atoms with E-state index in [1.165, 1.54) is 34.4 Å². The number of aryl methyl sites for hydroxylation is 3. The molecule has 0 amide bonds. The smallest absolute Gasteiger partial charge is 0.0433 e. The standard InChI is InChI=1S/C16H25NOS/c1-12-10-13(2)16(14(3)11-12)19-17-7-4-15(5-8-17)6-9-18/h10-11,15,18H,4-9H2,1-3H3. The molecule has 1 aromatic carbocycles. The zero-order chi connectivity index (χ0) is 13.8. The molecule has 0 bridgehead atoms. The normalized spacial score (nSPS) is 17.9. The first-order valence-corrected chi connectivity index (χ1v) is 7.99. The van der Waals surface area contributed by atoms with E-state index in [0.717, 1.165) is 25.4 Å². The molecule has 1 aliphatic rings. The van der Waals surface area contributed by atoms with Crippen molar-refractivity contribution in [3.05, 3.63) is 28.8 Å². The van der Waals surface area contributed by atoms with Crippen LogP contribution in [0.1, 0.15) is 36.0 Å². The van der Waals surface area contributed by atoms with Crippen molar-refractivity contribution in [1.29, 1.82) is 0 Å². The van der Waals surface area contributed by atoms with Crippen LogP contribution in [-0.4, -0.2) is 29.1 Å². The summed E-state index contributed by atoms with van der Waals surface area (Å²) in [6, 6.07) is 4.54. The fourth-order valence-corrected chi connectivity index (χ4v) is 3.97. The Morgan fingerprint density at radius 2 is 1.74 bits per heavy atom. The van der Waals surface area contributed by atoms with Crippen molar-refractivity contribution in [2.45, 2.75) is 44.9 Å². The lowest BCUT2D eigenvalue weighted by Crippen LogP contribution is -2.29. The van der Waals surface area contributed by atoms with Gasteiger partial charge in [0.15, 0.2) is 0 Å². The Morgan fingerprint density at radius 3 is 2.26 bits per heavy atom. The summed E-state index contributed by atoms with van der Waals surface area (Å²) in [4.78, 5) is 1.42. The van der Waals surface area contributed by atoms with E-state index in [2.05, 4.69) is 37.2 Å². The van der Waals surface area contributed by atoms with Crippen molar-refractivity contribution >= 4 is 11.9 Å². The van der Waals surface area contributed by atoms with Crippen molar-refractivity contribution < 1.29 is 5.11 Å². The highest BCUT2D eigenvalue weighted by Gasteiger charge is 2.20. The molecule has 1 N–H and O–H groups in total. The van der Waals surface area contributed by atoms with Gasteiger partial charge in [0.05, 0.1) is 0 Å². The largest absolute Gasteiger partial charge is 0.396 e. The van der Waals surface area contributed by atoms with Crippen molar-refractivity contribution in [2.24, 2.45) is 5.92 Å². The maximum atomic E-state index is 9.00. The van der Waals surface area contributed by atoms with Crippen LogP contribution in [0, 0.1) is 26.7 Å². The lowest BCUT2D eigenvalue weighted by Gasteiger charge is -2.31. The number of aliphatic hydroxyl groups excluding tert-OH is 1. The highest BCUT2D eigenvalue weighted by molar-refractivity contribution is 7.97. The Bertz CT molecular complexity index is 402. The van der Waals surface area contributed by atoms with E-state index in [4.69, 9.17) is 5.11 Å². The van der Waals surface area contributed by atoms with E-state index in [1.54, 1.807) is 0 Å². The first kappa shape index (κ1) is 14.9. The highest BCUT2D eigenvalue weighted by atomic mass is 32.2. The number of nitrogens with zero attached hydrogens (tertiary/aromatic N) is 1. The average molecular weight is 279 g/mol. The minimum Gasteiger partial charge on any atom is -0.396 e. The molecule has 3 heteroatoms. The van der Waals surface area contributed by atoms with Gasteiger partial charge in [0, 0.05) is 24.6 Å².